The Morgan fingerprint density at radius 3 is 3.13 bits per heavy atom. The minimum atomic E-state index is -0.387. The first-order valence-corrected chi connectivity index (χ1v) is 4.82. The topological polar surface area (TPSA) is 81.6 Å². The number of cyclic esters (lactones) is 1. The first kappa shape index (κ1) is 9.97. The summed E-state index contributed by atoms with van der Waals surface area (Å²) < 4.78 is 10.00. The predicted octanol–water partition coefficient (Wildman–Crippen LogP) is 0.657. The zero-order valence-electron chi connectivity index (χ0n) is 8.47. The summed E-state index contributed by atoms with van der Waals surface area (Å²) in [6.07, 6.45) is 0.139. The van der Waals surface area contributed by atoms with Gasteiger partial charge in [-0.25, -0.2) is 4.79 Å². The summed E-state index contributed by atoms with van der Waals surface area (Å²) in [6.45, 7) is 2.76. The van der Waals surface area contributed by atoms with Gasteiger partial charge in [0.25, 0.3) is 0 Å². The molecule has 1 aromatic rings. The van der Waals surface area contributed by atoms with Crippen LogP contribution in [0.3, 0.4) is 0 Å². The van der Waals surface area contributed by atoms with E-state index in [1.165, 1.54) is 4.90 Å². The standard InChI is InChI=1S/C9H13N3O3/c1-6-4-8(11-15-6)12-5-7(2-3-10)14-9(12)13/h4,7H,2-3,5,10H2,1H3. The molecule has 2 heterocycles. The molecule has 1 aliphatic rings. The highest BCUT2D eigenvalue weighted by Gasteiger charge is 2.33. The van der Waals surface area contributed by atoms with Crippen LogP contribution in [0.15, 0.2) is 10.6 Å². The Morgan fingerprint density at radius 1 is 1.73 bits per heavy atom. The average Bonchev–Trinajstić information content (AvgIpc) is 2.73. The second kappa shape index (κ2) is 3.90. The number of ether oxygens (including phenoxy) is 1. The van der Waals surface area contributed by atoms with Crippen LogP contribution in [0, 0.1) is 6.92 Å². The Hall–Kier alpha value is -1.56. The minimum absolute atomic E-state index is 0.139. The van der Waals surface area contributed by atoms with Crippen molar-refractivity contribution in [3.8, 4) is 0 Å². The van der Waals surface area contributed by atoms with E-state index in [0.29, 0.717) is 31.1 Å². The van der Waals surface area contributed by atoms with Gasteiger partial charge in [-0.05, 0) is 19.9 Å². The van der Waals surface area contributed by atoms with Gasteiger partial charge in [-0.3, -0.25) is 4.90 Å². The molecule has 0 bridgehead atoms. The monoisotopic (exact) mass is 211 g/mol. The maximum absolute atomic E-state index is 11.5. The van der Waals surface area contributed by atoms with Crippen LogP contribution in [0.25, 0.3) is 0 Å². The van der Waals surface area contributed by atoms with Gasteiger partial charge in [0.05, 0.1) is 6.54 Å². The highest BCUT2D eigenvalue weighted by atomic mass is 16.6. The fourth-order valence-corrected chi connectivity index (χ4v) is 1.53. The van der Waals surface area contributed by atoms with E-state index in [9.17, 15) is 4.79 Å². The van der Waals surface area contributed by atoms with Crippen molar-refractivity contribution in [3.63, 3.8) is 0 Å². The van der Waals surface area contributed by atoms with E-state index in [1.807, 2.05) is 0 Å². The lowest BCUT2D eigenvalue weighted by molar-refractivity contribution is 0.138. The van der Waals surface area contributed by atoms with Crippen molar-refractivity contribution >= 4 is 11.9 Å². The second-order valence-corrected chi connectivity index (χ2v) is 3.49. The molecular weight excluding hydrogens is 198 g/mol. The third kappa shape index (κ3) is 1.94. The van der Waals surface area contributed by atoms with E-state index in [4.69, 9.17) is 15.0 Å². The van der Waals surface area contributed by atoms with Gasteiger partial charge in [0.2, 0.25) is 0 Å². The van der Waals surface area contributed by atoms with Gasteiger partial charge in [0.1, 0.15) is 11.9 Å². The number of carbonyl (C=O) groups excluding carboxylic acids is 1. The molecule has 1 amide bonds. The molecule has 2 rings (SSSR count). The summed E-state index contributed by atoms with van der Waals surface area (Å²) in [5, 5.41) is 3.76. The van der Waals surface area contributed by atoms with E-state index in [0.717, 1.165) is 0 Å². The number of anilines is 1. The minimum Gasteiger partial charge on any atom is -0.444 e. The van der Waals surface area contributed by atoms with Crippen LogP contribution in [0.5, 0.6) is 0 Å². The molecule has 6 nitrogen and oxygen atoms in total. The number of aryl methyl sites for hydroxylation is 1. The number of rotatable bonds is 3. The van der Waals surface area contributed by atoms with Gasteiger partial charge in [0, 0.05) is 6.07 Å². The summed E-state index contributed by atoms with van der Waals surface area (Å²) in [5.41, 5.74) is 5.40. The van der Waals surface area contributed by atoms with Gasteiger partial charge < -0.3 is 15.0 Å². The van der Waals surface area contributed by atoms with Gasteiger partial charge in [0.15, 0.2) is 5.82 Å². The number of nitrogens with two attached hydrogens (primary N) is 1. The van der Waals surface area contributed by atoms with E-state index in [2.05, 4.69) is 5.16 Å². The molecule has 1 aromatic heterocycles. The van der Waals surface area contributed by atoms with Crippen LogP contribution in [0.1, 0.15) is 12.2 Å². The third-order valence-corrected chi connectivity index (χ3v) is 2.25. The molecule has 15 heavy (non-hydrogen) atoms. The molecule has 0 radical (unpaired) electrons. The molecule has 0 aromatic carbocycles. The van der Waals surface area contributed by atoms with Gasteiger partial charge >= 0.3 is 6.09 Å². The lowest BCUT2D eigenvalue weighted by Gasteiger charge is -2.06. The summed E-state index contributed by atoms with van der Waals surface area (Å²) >= 11 is 0. The van der Waals surface area contributed by atoms with Crippen molar-refractivity contribution in [1.29, 1.82) is 0 Å². The summed E-state index contributed by atoms with van der Waals surface area (Å²) in [7, 11) is 0. The number of aromatic nitrogens is 1. The number of hydrogen-bond donors (Lipinski definition) is 1. The molecule has 1 aliphatic heterocycles. The molecule has 0 spiro atoms. The fourth-order valence-electron chi connectivity index (χ4n) is 1.53. The molecule has 1 unspecified atom stereocenters. The molecule has 1 saturated heterocycles. The van der Waals surface area contributed by atoms with E-state index in [-0.39, 0.29) is 12.2 Å². The molecule has 0 aliphatic carbocycles. The van der Waals surface area contributed by atoms with Crippen LogP contribution < -0.4 is 10.6 Å². The molecule has 2 N–H and O–H groups in total. The van der Waals surface area contributed by atoms with Crippen molar-refractivity contribution < 1.29 is 14.1 Å². The van der Waals surface area contributed by atoms with Gasteiger partial charge in [-0.1, -0.05) is 5.16 Å². The van der Waals surface area contributed by atoms with Crippen LogP contribution >= 0.6 is 0 Å². The lowest BCUT2D eigenvalue weighted by Crippen LogP contribution is -2.25. The van der Waals surface area contributed by atoms with Gasteiger partial charge in [-0.2, -0.15) is 0 Å². The highest BCUT2D eigenvalue weighted by Crippen LogP contribution is 2.21. The van der Waals surface area contributed by atoms with Crippen molar-refractivity contribution in [2.45, 2.75) is 19.4 Å². The van der Waals surface area contributed by atoms with Crippen molar-refractivity contribution in [1.82, 2.24) is 5.16 Å². The summed E-state index contributed by atoms with van der Waals surface area (Å²) in [5.74, 6) is 1.16. The van der Waals surface area contributed by atoms with Crippen LogP contribution in [-0.2, 0) is 4.74 Å². The summed E-state index contributed by atoms with van der Waals surface area (Å²) in [6, 6.07) is 1.70. The SMILES string of the molecule is Cc1cc(N2CC(CCN)OC2=O)no1. The van der Waals surface area contributed by atoms with Crippen molar-refractivity contribution in [2.24, 2.45) is 5.73 Å². The largest absolute Gasteiger partial charge is 0.444 e. The van der Waals surface area contributed by atoms with Crippen LogP contribution in [-0.4, -0.2) is 30.4 Å². The first-order valence-electron chi connectivity index (χ1n) is 4.82. The molecule has 0 saturated carbocycles. The number of hydrogen-bond acceptors (Lipinski definition) is 5. The number of nitrogens with zero attached hydrogens (tertiary/aromatic N) is 2. The van der Waals surface area contributed by atoms with E-state index in [1.54, 1.807) is 13.0 Å². The van der Waals surface area contributed by atoms with Gasteiger partial charge in [-0.15, -0.1) is 0 Å². The fraction of sp³-hybridized carbons (Fsp3) is 0.556. The molecule has 1 fully saturated rings. The van der Waals surface area contributed by atoms with E-state index < -0.39 is 0 Å². The second-order valence-electron chi connectivity index (χ2n) is 3.49. The molecular formula is C9H13N3O3. The maximum Gasteiger partial charge on any atom is 0.416 e. The number of carbonyl (C=O) groups is 1. The Morgan fingerprint density at radius 2 is 2.53 bits per heavy atom. The van der Waals surface area contributed by atoms with Crippen LogP contribution in [0.4, 0.5) is 10.6 Å². The molecule has 6 heteroatoms. The molecule has 1 atom stereocenters. The predicted molar refractivity (Wildman–Crippen MR) is 52.5 cm³/mol. The highest BCUT2D eigenvalue weighted by molar-refractivity contribution is 5.88. The lowest BCUT2D eigenvalue weighted by atomic mass is 10.2. The Bertz CT molecular complexity index is 363. The Kier molecular flexibility index (Phi) is 2.59. The van der Waals surface area contributed by atoms with E-state index >= 15 is 0 Å². The van der Waals surface area contributed by atoms with Crippen molar-refractivity contribution in [2.75, 3.05) is 18.0 Å². The Labute approximate surface area is 87.0 Å². The smallest absolute Gasteiger partial charge is 0.416 e. The zero-order valence-corrected chi connectivity index (χ0v) is 8.47. The first-order chi connectivity index (χ1) is 7.20. The normalized spacial score (nSPS) is 20.8. The summed E-state index contributed by atoms with van der Waals surface area (Å²) in [4.78, 5) is 12.9. The maximum atomic E-state index is 11.5. The van der Waals surface area contributed by atoms with Crippen molar-refractivity contribution in [3.05, 3.63) is 11.8 Å². The molecule has 82 valence electrons. The zero-order chi connectivity index (χ0) is 10.8. The average molecular weight is 211 g/mol. The quantitative estimate of drug-likeness (QED) is 0.794. The van der Waals surface area contributed by atoms with Crippen LogP contribution in [0.2, 0.25) is 0 Å². The number of amides is 1. The Balaban J connectivity index is 2.08. The third-order valence-electron chi connectivity index (χ3n) is 2.25.